The molecule has 0 aliphatic carbocycles. The fraction of sp³-hybridized carbons (Fsp3) is 0.154. The number of furan rings is 1. The van der Waals surface area contributed by atoms with E-state index in [1.54, 1.807) is 12.4 Å². The van der Waals surface area contributed by atoms with E-state index in [9.17, 15) is 0 Å². The smallest absolute Gasteiger partial charge is 0.195 e. The molecule has 0 saturated carbocycles. The molecule has 3 rings (SSSR count). The topological polar surface area (TPSA) is 59.6 Å². The largest absolute Gasteiger partial charge is 0.464 e. The molecule has 5 nitrogen and oxygen atoms in total. The van der Waals surface area contributed by atoms with Crippen LogP contribution in [0, 0.1) is 11.7 Å². The van der Waals surface area contributed by atoms with Gasteiger partial charge in [0.25, 0.3) is 0 Å². The molecule has 0 aromatic carbocycles. The molecule has 3 aromatic heterocycles. The van der Waals surface area contributed by atoms with Gasteiger partial charge in [0, 0.05) is 18.0 Å². The van der Waals surface area contributed by atoms with Gasteiger partial charge < -0.3 is 4.42 Å². The average Bonchev–Trinajstić information content (AvgIpc) is 2.99. The lowest BCUT2D eigenvalue weighted by atomic mass is 10.2. The van der Waals surface area contributed by atoms with E-state index in [4.69, 9.17) is 16.6 Å². The third kappa shape index (κ3) is 2.34. The lowest BCUT2D eigenvalue weighted by molar-refractivity contribution is 0.469. The van der Waals surface area contributed by atoms with Crippen molar-refractivity contribution in [1.82, 2.24) is 19.7 Å². The number of pyridine rings is 1. The molecule has 19 heavy (non-hydrogen) atoms. The van der Waals surface area contributed by atoms with Gasteiger partial charge in [-0.2, -0.15) is 5.10 Å². The average molecular weight is 272 g/mol. The quantitative estimate of drug-likeness (QED) is 0.745. The Hall–Kier alpha value is -2.21. The van der Waals surface area contributed by atoms with Crippen LogP contribution in [0.3, 0.4) is 0 Å². The highest BCUT2D eigenvalue weighted by atomic mass is 32.1. The van der Waals surface area contributed by atoms with Crippen molar-refractivity contribution in [1.29, 1.82) is 0 Å². The number of H-pyrrole nitrogens is 1. The first-order valence-corrected chi connectivity index (χ1v) is 6.26. The number of aryl methyl sites for hydroxylation is 1. The summed E-state index contributed by atoms with van der Waals surface area (Å²) >= 11 is 5.26. The maximum Gasteiger partial charge on any atom is 0.195 e. The lowest BCUT2D eigenvalue weighted by Crippen LogP contribution is -2.01. The van der Waals surface area contributed by atoms with Crippen LogP contribution in [0.15, 0.2) is 41.1 Å². The van der Waals surface area contributed by atoms with Crippen LogP contribution >= 0.6 is 12.2 Å². The summed E-state index contributed by atoms with van der Waals surface area (Å²) in [6, 6.07) is 7.69. The van der Waals surface area contributed by atoms with Gasteiger partial charge in [-0.25, -0.2) is 0 Å². The normalized spacial score (nSPS) is 10.8. The predicted molar refractivity (Wildman–Crippen MR) is 73.2 cm³/mol. The van der Waals surface area contributed by atoms with E-state index in [0.29, 0.717) is 11.3 Å². The standard InChI is InChI=1S/C13H12N4OS/c1-9-4-5-11(18-9)8-17-12(15-16-13(17)19)10-3-2-6-14-7-10/h2-7H,8H2,1H3,(H,16,19). The van der Waals surface area contributed by atoms with Gasteiger partial charge in [0.05, 0.1) is 6.54 Å². The molecule has 3 heterocycles. The predicted octanol–water partition coefficient (Wildman–Crippen LogP) is 2.95. The van der Waals surface area contributed by atoms with Crippen LogP contribution < -0.4 is 0 Å². The van der Waals surface area contributed by atoms with E-state index < -0.39 is 0 Å². The van der Waals surface area contributed by atoms with Crippen LogP contribution in [0.2, 0.25) is 0 Å². The zero-order chi connectivity index (χ0) is 13.2. The Morgan fingerprint density at radius 1 is 1.37 bits per heavy atom. The van der Waals surface area contributed by atoms with Crippen molar-refractivity contribution in [2.45, 2.75) is 13.5 Å². The highest BCUT2D eigenvalue weighted by Crippen LogP contribution is 2.18. The first kappa shape index (κ1) is 11.9. The second-order valence-electron chi connectivity index (χ2n) is 4.19. The number of hydrogen-bond donors (Lipinski definition) is 1. The third-order valence-corrected chi connectivity index (χ3v) is 3.10. The number of nitrogens with one attached hydrogen (secondary N) is 1. The summed E-state index contributed by atoms with van der Waals surface area (Å²) in [5.74, 6) is 2.49. The van der Waals surface area contributed by atoms with Crippen LogP contribution in [-0.2, 0) is 6.54 Å². The number of hydrogen-bond acceptors (Lipinski definition) is 4. The minimum atomic E-state index is 0.549. The van der Waals surface area contributed by atoms with Crippen LogP contribution in [0.5, 0.6) is 0 Å². The van der Waals surface area contributed by atoms with E-state index in [2.05, 4.69) is 15.2 Å². The summed E-state index contributed by atoms with van der Waals surface area (Å²) in [5.41, 5.74) is 0.915. The Labute approximate surface area is 114 Å². The van der Waals surface area contributed by atoms with Crippen molar-refractivity contribution in [3.8, 4) is 11.4 Å². The van der Waals surface area contributed by atoms with Crippen molar-refractivity contribution in [3.05, 3.63) is 53.0 Å². The molecule has 96 valence electrons. The van der Waals surface area contributed by atoms with Gasteiger partial charge in [0.1, 0.15) is 11.5 Å². The summed E-state index contributed by atoms with van der Waals surface area (Å²) in [4.78, 5) is 4.10. The summed E-state index contributed by atoms with van der Waals surface area (Å²) < 4.78 is 8.03. The van der Waals surface area contributed by atoms with Gasteiger partial charge in [0.15, 0.2) is 10.6 Å². The van der Waals surface area contributed by atoms with Gasteiger partial charge in [-0.15, -0.1) is 0 Å². The molecule has 0 spiro atoms. The first-order valence-electron chi connectivity index (χ1n) is 5.85. The molecule has 0 aliphatic heterocycles. The summed E-state index contributed by atoms with van der Waals surface area (Å²) in [7, 11) is 0. The summed E-state index contributed by atoms with van der Waals surface area (Å²) in [6.45, 7) is 2.47. The molecule has 0 unspecified atom stereocenters. The number of nitrogens with zero attached hydrogens (tertiary/aromatic N) is 3. The number of rotatable bonds is 3. The lowest BCUT2D eigenvalue weighted by Gasteiger charge is -2.04. The van der Waals surface area contributed by atoms with E-state index in [1.807, 2.05) is 35.8 Å². The maximum absolute atomic E-state index is 5.58. The van der Waals surface area contributed by atoms with Crippen LogP contribution in [0.1, 0.15) is 11.5 Å². The van der Waals surface area contributed by atoms with Crippen molar-refractivity contribution < 1.29 is 4.42 Å². The fourth-order valence-corrected chi connectivity index (χ4v) is 2.10. The molecule has 0 saturated heterocycles. The highest BCUT2D eigenvalue weighted by Gasteiger charge is 2.10. The highest BCUT2D eigenvalue weighted by molar-refractivity contribution is 7.71. The van der Waals surface area contributed by atoms with E-state index in [-0.39, 0.29) is 0 Å². The van der Waals surface area contributed by atoms with Crippen LogP contribution in [0.25, 0.3) is 11.4 Å². The van der Waals surface area contributed by atoms with Crippen molar-refractivity contribution in [3.63, 3.8) is 0 Å². The van der Waals surface area contributed by atoms with Crippen LogP contribution in [0.4, 0.5) is 0 Å². The minimum absolute atomic E-state index is 0.549. The zero-order valence-corrected chi connectivity index (χ0v) is 11.1. The molecular weight excluding hydrogens is 260 g/mol. The Kier molecular flexibility index (Phi) is 3.00. The van der Waals surface area contributed by atoms with Gasteiger partial charge in [-0.3, -0.25) is 14.6 Å². The molecule has 0 atom stereocenters. The summed E-state index contributed by atoms with van der Waals surface area (Å²) in [5, 5.41) is 7.06. The molecule has 3 aromatic rings. The Bertz CT molecular complexity index is 741. The molecule has 0 radical (unpaired) electrons. The maximum atomic E-state index is 5.58. The summed E-state index contributed by atoms with van der Waals surface area (Å²) in [6.07, 6.45) is 3.49. The molecular formula is C13H12N4OS. The van der Waals surface area contributed by atoms with Gasteiger partial charge in [-0.05, 0) is 43.4 Å². The van der Waals surface area contributed by atoms with E-state index in [0.717, 1.165) is 22.9 Å². The minimum Gasteiger partial charge on any atom is -0.464 e. The van der Waals surface area contributed by atoms with E-state index >= 15 is 0 Å². The monoisotopic (exact) mass is 272 g/mol. The van der Waals surface area contributed by atoms with Gasteiger partial charge in [-0.1, -0.05) is 0 Å². The number of aromatic nitrogens is 4. The fourth-order valence-electron chi connectivity index (χ4n) is 1.91. The molecule has 1 N–H and O–H groups in total. The Balaban J connectivity index is 2.02. The van der Waals surface area contributed by atoms with Crippen molar-refractivity contribution in [2.75, 3.05) is 0 Å². The molecule has 0 fully saturated rings. The Morgan fingerprint density at radius 2 is 2.26 bits per heavy atom. The molecule has 6 heteroatoms. The Morgan fingerprint density at radius 3 is 2.95 bits per heavy atom. The second-order valence-corrected chi connectivity index (χ2v) is 4.58. The SMILES string of the molecule is Cc1ccc(Cn2c(-c3cccnc3)n[nH]c2=S)o1. The molecule has 0 bridgehead atoms. The second kappa shape index (κ2) is 4.81. The zero-order valence-electron chi connectivity index (χ0n) is 10.3. The van der Waals surface area contributed by atoms with Gasteiger partial charge in [0.2, 0.25) is 0 Å². The molecule has 0 aliphatic rings. The number of aromatic amines is 1. The van der Waals surface area contributed by atoms with Crippen molar-refractivity contribution in [2.24, 2.45) is 0 Å². The van der Waals surface area contributed by atoms with Gasteiger partial charge >= 0.3 is 0 Å². The van der Waals surface area contributed by atoms with Crippen molar-refractivity contribution >= 4 is 12.2 Å². The van der Waals surface area contributed by atoms with Crippen LogP contribution in [-0.4, -0.2) is 19.7 Å². The third-order valence-electron chi connectivity index (χ3n) is 2.79. The first-order chi connectivity index (χ1) is 9.24. The van der Waals surface area contributed by atoms with E-state index in [1.165, 1.54) is 0 Å². The molecule has 0 amide bonds.